The van der Waals surface area contributed by atoms with E-state index in [1.165, 1.54) is 0 Å². The quantitative estimate of drug-likeness (QED) is 0.596. The number of carbonyl (C=O) groups excluding carboxylic acids is 2. The highest BCUT2D eigenvalue weighted by molar-refractivity contribution is 5.80. The van der Waals surface area contributed by atoms with Crippen molar-refractivity contribution in [2.24, 2.45) is 0 Å². The number of hydrogen-bond donors (Lipinski definition) is 1. The summed E-state index contributed by atoms with van der Waals surface area (Å²) in [5, 5.41) is 2.71. The van der Waals surface area contributed by atoms with Gasteiger partial charge in [-0.15, -0.1) is 0 Å². The van der Waals surface area contributed by atoms with Crippen molar-refractivity contribution in [3.05, 3.63) is 54.1 Å². The fourth-order valence-corrected chi connectivity index (χ4v) is 2.36. The van der Waals surface area contributed by atoms with E-state index in [2.05, 4.69) is 5.32 Å². The van der Waals surface area contributed by atoms with Crippen LogP contribution in [0.1, 0.15) is 12.5 Å². The van der Waals surface area contributed by atoms with Crippen LogP contribution in [0.3, 0.4) is 0 Å². The number of ether oxygens (including phenoxy) is 4. The molecule has 0 saturated carbocycles. The van der Waals surface area contributed by atoms with Gasteiger partial charge in [-0.05, 0) is 43.2 Å². The first-order valence-electron chi connectivity index (χ1n) is 9.02. The Hall–Kier alpha value is -3.22. The minimum Gasteiger partial charge on any atom is -0.497 e. The van der Waals surface area contributed by atoms with Crippen molar-refractivity contribution in [2.75, 3.05) is 33.5 Å². The minimum atomic E-state index is -0.628. The molecule has 0 fully saturated rings. The first-order chi connectivity index (χ1) is 13.6. The van der Waals surface area contributed by atoms with E-state index in [1.807, 2.05) is 37.3 Å². The van der Waals surface area contributed by atoms with E-state index in [0.717, 1.165) is 11.3 Å². The van der Waals surface area contributed by atoms with E-state index in [-0.39, 0.29) is 19.1 Å². The Bertz CT molecular complexity index is 760. The van der Waals surface area contributed by atoms with Crippen LogP contribution >= 0.6 is 0 Å². The van der Waals surface area contributed by atoms with Gasteiger partial charge >= 0.3 is 5.97 Å². The number of carbonyl (C=O) groups is 2. The van der Waals surface area contributed by atoms with Gasteiger partial charge in [0.2, 0.25) is 0 Å². The summed E-state index contributed by atoms with van der Waals surface area (Å²) < 4.78 is 20.8. The molecule has 1 N–H and O–H groups in total. The van der Waals surface area contributed by atoms with Gasteiger partial charge in [0, 0.05) is 6.54 Å². The molecule has 0 aliphatic carbocycles. The van der Waals surface area contributed by atoms with Crippen LogP contribution in [0.4, 0.5) is 0 Å². The molecule has 2 aromatic carbocycles. The number of methoxy groups -OCH3 is 1. The molecule has 0 heterocycles. The molecule has 0 bridgehead atoms. The second kappa shape index (κ2) is 11.5. The maximum Gasteiger partial charge on any atom is 0.344 e. The van der Waals surface area contributed by atoms with Crippen LogP contribution in [0.15, 0.2) is 48.5 Å². The molecule has 0 radical (unpaired) electrons. The molecule has 0 aliphatic heterocycles. The topological polar surface area (TPSA) is 83.1 Å². The fourth-order valence-electron chi connectivity index (χ4n) is 2.36. The Kier molecular flexibility index (Phi) is 8.65. The molecule has 0 aliphatic rings. The lowest BCUT2D eigenvalue weighted by Gasteiger charge is -2.11. The summed E-state index contributed by atoms with van der Waals surface area (Å²) in [6.07, 6.45) is 0.668. The second-order valence-electron chi connectivity index (χ2n) is 5.78. The smallest absolute Gasteiger partial charge is 0.344 e. The molecule has 7 nitrogen and oxygen atoms in total. The first kappa shape index (κ1) is 21.1. The molecule has 7 heteroatoms. The predicted molar refractivity (Wildman–Crippen MR) is 104 cm³/mol. The summed E-state index contributed by atoms with van der Waals surface area (Å²) in [5.41, 5.74) is 1.07. The van der Waals surface area contributed by atoms with Crippen LogP contribution < -0.4 is 19.5 Å². The van der Waals surface area contributed by atoms with Crippen LogP contribution in [-0.4, -0.2) is 45.4 Å². The molecule has 0 spiro atoms. The SMILES string of the molecule is CCOc1ccccc1OCC(=O)OCC(=O)NCCc1ccc(OC)cc1. The predicted octanol–water partition coefficient (Wildman–Crippen LogP) is 2.37. The van der Waals surface area contributed by atoms with Crippen LogP contribution in [0, 0.1) is 0 Å². The summed E-state index contributed by atoms with van der Waals surface area (Å²) in [6, 6.07) is 14.6. The molecule has 1 amide bonds. The maximum absolute atomic E-state index is 11.8. The number of amides is 1. The Balaban J connectivity index is 1.64. The van der Waals surface area contributed by atoms with Gasteiger partial charge in [0.1, 0.15) is 5.75 Å². The van der Waals surface area contributed by atoms with Crippen LogP contribution in [0.25, 0.3) is 0 Å². The van der Waals surface area contributed by atoms with Crippen molar-refractivity contribution in [1.82, 2.24) is 5.32 Å². The molecule has 28 heavy (non-hydrogen) atoms. The summed E-state index contributed by atoms with van der Waals surface area (Å²) in [6.45, 7) is 2.14. The van der Waals surface area contributed by atoms with E-state index < -0.39 is 5.97 Å². The third kappa shape index (κ3) is 7.19. The monoisotopic (exact) mass is 387 g/mol. The van der Waals surface area contributed by atoms with Crippen molar-refractivity contribution in [1.29, 1.82) is 0 Å². The van der Waals surface area contributed by atoms with E-state index >= 15 is 0 Å². The largest absolute Gasteiger partial charge is 0.497 e. The highest BCUT2D eigenvalue weighted by atomic mass is 16.6. The fraction of sp³-hybridized carbons (Fsp3) is 0.333. The third-order valence-corrected chi connectivity index (χ3v) is 3.75. The Morgan fingerprint density at radius 2 is 1.61 bits per heavy atom. The number of esters is 1. The zero-order valence-electron chi connectivity index (χ0n) is 16.1. The Morgan fingerprint density at radius 3 is 2.25 bits per heavy atom. The molecule has 0 unspecified atom stereocenters. The lowest BCUT2D eigenvalue weighted by atomic mass is 10.1. The highest BCUT2D eigenvalue weighted by Crippen LogP contribution is 2.26. The average Bonchev–Trinajstić information content (AvgIpc) is 2.72. The van der Waals surface area contributed by atoms with Crippen LogP contribution in [0.5, 0.6) is 17.2 Å². The molecule has 0 atom stereocenters. The van der Waals surface area contributed by atoms with E-state index in [1.54, 1.807) is 25.3 Å². The Labute approximate surface area is 164 Å². The molecule has 2 aromatic rings. The van der Waals surface area contributed by atoms with Crippen LogP contribution in [-0.2, 0) is 20.7 Å². The van der Waals surface area contributed by atoms with Crippen molar-refractivity contribution in [2.45, 2.75) is 13.3 Å². The Morgan fingerprint density at radius 1 is 0.929 bits per heavy atom. The van der Waals surface area contributed by atoms with Gasteiger partial charge in [-0.3, -0.25) is 4.79 Å². The zero-order chi connectivity index (χ0) is 20.2. The third-order valence-electron chi connectivity index (χ3n) is 3.75. The van der Waals surface area contributed by atoms with Gasteiger partial charge in [0.15, 0.2) is 24.7 Å². The summed E-state index contributed by atoms with van der Waals surface area (Å²) in [7, 11) is 1.61. The van der Waals surface area contributed by atoms with Crippen molar-refractivity contribution in [3.8, 4) is 17.2 Å². The molecule has 150 valence electrons. The van der Waals surface area contributed by atoms with Gasteiger partial charge in [0.25, 0.3) is 5.91 Å². The lowest BCUT2D eigenvalue weighted by molar-refractivity contribution is -0.150. The van der Waals surface area contributed by atoms with Gasteiger partial charge in [-0.1, -0.05) is 24.3 Å². The maximum atomic E-state index is 11.8. The van der Waals surface area contributed by atoms with E-state index in [9.17, 15) is 9.59 Å². The van der Waals surface area contributed by atoms with E-state index in [0.29, 0.717) is 31.1 Å². The molecular formula is C21H25NO6. The summed E-state index contributed by atoms with van der Waals surface area (Å²) in [4.78, 5) is 23.5. The standard InChI is InChI=1S/C21H25NO6/c1-3-26-18-6-4-5-7-19(18)27-15-21(24)28-14-20(23)22-13-12-16-8-10-17(25-2)11-9-16/h4-11H,3,12-15H2,1-2H3,(H,22,23). The van der Waals surface area contributed by atoms with Gasteiger partial charge in [-0.2, -0.15) is 0 Å². The summed E-state index contributed by atoms with van der Waals surface area (Å²) in [5.74, 6) is 0.790. The van der Waals surface area contributed by atoms with Gasteiger partial charge < -0.3 is 24.3 Å². The average molecular weight is 387 g/mol. The highest BCUT2D eigenvalue weighted by Gasteiger charge is 2.10. The second-order valence-corrected chi connectivity index (χ2v) is 5.78. The normalized spacial score (nSPS) is 10.1. The molecule has 2 rings (SSSR count). The van der Waals surface area contributed by atoms with Gasteiger partial charge in [-0.25, -0.2) is 4.79 Å². The minimum absolute atomic E-state index is 0.302. The first-order valence-corrected chi connectivity index (χ1v) is 9.02. The number of para-hydroxylation sites is 2. The number of nitrogens with one attached hydrogen (secondary N) is 1. The lowest BCUT2D eigenvalue weighted by Crippen LogP contribution is -2.31. The van der Waals surface area contributed by atoms with E-state index in [4.69, 9.17) is 18.9 Å². The number of hydrogen-bond acceptors (Lipinski definition) is 6. The van der Waals surface area contributed by atoms with Crippen molar-refractivity contribution >= 4 is 11.9 Å². The molecule has 0 aromatic heterocycles. The number of rotatable bonds is 11. The van der Waals surface area contributed by atoms with Crippen LogP contribution in [0.2, 0.25) is 0 Å². The van der Waals surface area contributed by atoms with Crippen molar-refractivity contribution in [3.63, 3.8) is 0 Å². The van der Waals surface area contributed by atoms with Crippen molar-refractivity contribution < 1.29 is 28.5 Å². The molecule has 0 saturated heterocycles. The molecular weight excluding hydrogens is 362 g/mol. The zero-order valence-corrected chi connectivity index (χ0v) is 16.1. The summed E-state index contributed by atoms with van der Waals surface area (Å²) >= 11 is 0. The van der Waals surface area contributed by atoms with Gasteiger partial charge in [0.05, 0.1) is 13.7 Å². The number of benzene rings is 2.